The summed E-state index contributed by atoms with van der Waals surface area (Å²) in [4.78, 5) is 48.9. The molecule has 0 aliphatic carbocycles. The molecule has 1 spiro atoms. The molecule has 1 aromatic carbocycles. The second kappa shape index (κ2) is 12.3. The van der Waals surface area contributed by atoms with Crippen LogP contribution in [-0.2, 0) is 19.1 Å². The molecule has 3 unspecified atom stereocenters. The molecule has 6 atom stereocenters. The molecule has 8 nitrogen and oxygen atoms in total. The number of hydrogen-bond acceptors (Lipinski definition) is 5. The number of amides is 3. The number of para-hydroxylation sites is 1. The number of carbonyl (C=O) groups is 3. The fourth-order valence-electron chi connectivity index (χ4n) is 7.58. The number of anilines is 1. The van der Waals surface area contributed by atoms with E-state index in [4.69, 9.17) is 4.74 Å². The minimum Gasteiger partial charge on any atom is -0.396 e. The molecule has 3 saturated heterocycles. The fraction of sp³-hybridized carbons (Fsp3) is 0.618. The van der Waals surface area contributed by atoms with Crippen molar-refractivity contribution in [3.63, 3.8) is 0 Å². The second-order valence-electron chi connectivity index (χ2n) is 13.4. The predicted molar refractivity (Wildman–Crippen MR) is 165 cm³/mol. The zero-order valence-electron chi connectivity index (χ0n) is 26.1. The molecule has 0 radical (unpaired) electrons. The molecule has 1 N–H and O–H groups in total. The first-order valence-corrected chi connectivity index (χ1v) is 15.4. The van der Waals surface area contributed by atoms with E-state index >= 15 is 0 Å². The van der Waals surface area contributed by atoms with Gasteiger partial charge in [-0.2, -0.15) is 0 Å². The van der Waals surface area contributed by atoms with Crippen LogP contribution in [0.15, 0.2) is 55.6 Å². The largest absolute Gasteiger partial charge is 0.396 e. The minimum absolute atomic E-state index is 0.0425. The maximum absolute atomic E-state index is 14.6. The van der Waals surface area contributed by atoms with Crippen LogP contribution in [0.3, 0.4) is 0 Å². The molecule has 8 heteroatoms. The third kappa shape index (κ3) is 5.32. The highest BCUT2D eigenvalue weighted by Gasteiger charge is 2.80. The number of ether oxygens (including phenoxy) is 1. The molecular weight excluding hydrogens is 530 g/mol. The molecule has 42 heavy (non-hydrogen) atoms. The van der Waals surface area contributed by atoms with Crippen molar-refractivity contribution in [1.82, 2.24) is 9.80 Å². The molecule has 3 amide bonds. The van der Waals surface area contributed by atoms with Gasteiger partial charge in [0.25, 0.3) is 0 Å². The Morgan fingerprint density at radius 3 is 2.31 bits per heavy atom. The second-order valence-corrected chi connectivity index (χ2v) is 13.4. The van der Waals surface area contributed by atoms with E-state index in [9.17, 15) is 19.5 Å². The summed E-state index contributed by atoms with van der Waals surface area (Å²) in [5, 5.41) is 9.22. The third-order valence-electron chi connectivity index (χ3n) is 9.65. The lowest BCUT2D eigenvalue weighted by atomic mass is 9.62. The fourth-order valence-corrected chi connectivity index (χ4v) is 7.58. The van der Waals surface area contributed by atoms with Gasteiger partial charge in [0.2, 0.25) is 17.7 Å². The normalized spacial score (nSPS) is 29.9. The molecule has 3 aliphatic rings. The van der Waals surface area contributed by atoms with Gasteiger partial charge in [-0.25, -0.2) is 0 Å². The third-order valence-corrected chi connectivity index (χ3v) is 9.65. The van der Waals surface area contributed by atoms with E-state index in [-0.39, 0.29) is 30.2 Å². The van der Waals surface area contributed by atoms with Crippen molar-refractivity contribution in [3.05, 3.63) is 55.6 Å². The van der Waals surface area contributed by atoms with E-state index in [0.717, 1.165) is 18.5 Å². The summed E-state index contributed by atoms with van der Waals surface area (Å²) < 4.78 is 6.96. The summed E-state index contributed by atoms with van der Waals surface area (Å²) in [6.45, 7) is 18.9. The van der Waals surface area contributed by atoms with Crippen molar-refractivity contribution in [2.45, 2.75) is 89.5 Å². The van der Waals surface area contributed by atoms with Crippen molar-refractivity contribution in [3.8, 4) is 0 Å². The lowest BCUT2D eigenvalue weighted by Crippen LogP contribution is -2.60. The molecule has 3 fully saturated rings. The average Bonchev–Trinajstić information content (AvgIpc) is 3.45. The SMILES string of the molecule is C=CCN(C(=O)[C@H]1[C@H]2C(=O)N(CCCCCCO)C(C(=O)N(CC=C)C(C)(C)C)C23CC(C)[C@]1(C)O3)c1ccccc1. The monoisotopic (exact) mass is 579 g/mol. The molecule has 3 heterocycles. The van der Waals surface area contributed by atoms with Crippen LogP contribution in [0.4, 0.5) is 5.69 Å². The number of aliphatic hydroxyl groups is 1. The van der Waals surface area contributed by atoms with Crippen molar-refractivity contribution in [2.24, 2.45) is 17.8 Å². The van der Waals surface area contributed by atoms with Crippen LogP contribution in [0.1, 0.15) is 66.7 Å². The number of hydrogen-bond donors (Lipinski definition) is 1. The van der Waals surface area contributed by atoms with Crippen LogP contribution in [0.2, 0.25) is 0 Å². The number of rotatable bonds is 13. The Labute approximate surface area is 251 Å². The topological polar surface area (TPSA) is 90.4 Å². The Bertz CT molecular complexity index is 1180. The molecular formula is C34H49N3O5. The Balaban J connectivity index is 1.80. The van der Waals surface area contributed by atoms with Crippen molar-refractivity contribution < 1.29 is 24.2 Å². The van der Waals surface area contributed by atoms with Gasteiger partial charge in [-0.3, -0.25) is 14.4 Å². The minimum atomic E-state index is -1.10. The number of likely N-dealkylation sites (tertiary alicyclic amines) is 1. The van der Waals surface area contributed by atoms with Crippen LogP contribution >= 0.6 is 0 Å². The van der Waals surface area contributed by atoms with E-state index in [1.807, 2.05) is 58.0 Å². The first-order chi connectivity index (χ1) is 19.9. The van der Waals surface area contributed by atoms with Crippen molar-refractivity contribution in [1.29, 1.82) is 0 Å². The number of nitrogens with zero attached hydrogens (tertiary/aromatic N) is 3. The van der Waals surface area contributed by atoms with Gasteiger partial charge in [0, 0.05) is 37.5 Å². The van der Waals surface area contributed by atoms with Crippen LogP contribution in [-0.4, -0.2) is 81.7 Å². The Kier molecular flexibility index (Phi) is 9.38. The number of aliphatic hydroxyl groups excluding tert-OH is 1. The van der Waals surface area contributed by atoms with Gasteiger partial charge in [-0.05, 0) is 65.0 Å². The maximum Gasteiger partial charge on any atom is 0.249 e. The van der Waals surface area contributed by atoms with Gasteiger partial charge in [-0.1, -0.05) is 50.1 Å². The summed E-state index contributed by atoms with van der Waals surface area (Å²) in [7, 11) is 0. The smallest absolute Gasteiger partial charge is 0.249 e. The van der Waals surface area contributed by atoms with Crippen molar-refractivity contribution >= 4 is 23.4 Å². The van der Waals surface area contributed by atoms with Gasteiger partial charge < -0.3 is 24.5 Å². The van der Waals surface area contributed by atoms with Gasteiger partial charge in [0.1, 0.15) is 11.6 Å². The number of unbranched alkanes of at least 4 members (excludes halogenated alkanes) is 3. The molecule has 1 aromatic rings. The predicted octanol–water partition coefficient (Wildman–Crippen LogP) is 4.58. The molecule has 0 aromatic heterocycles. The van der Waals surface area contributed by atoms with Gasteiger partial charge in [0.15, 0.2) is 0 Å². The number of benzene rings is 1. The van der Waals surface area contributed by atoms with Crippen molar-refractivity contribution in [2.75, 3.05) is 31.1 Å². The first-order valence-electron chi connectivity index (χ1n) is 15.4. The van der Waals surface area contributed by atoms with Gasteiger partial charge >= 0.3 is 0 Å². The molecule has 230 valence electrons. The standard InChI is InChI=1S/C34H49N3O5/c1-8-19-35(25-17-13-12-14-18-25)29(39)26-27-30(40)36(21-15-10-11-16-22-38)28(31(41)37(20-9-2)32(4,5)6)34(27)23-24(3)33(26,7)42-34/h8-9,12-14,17-18,24,26-28,38H,1-2,10-11,15-16,19-23H2,3-7H3/t24?,26-,27+,28?,33+,34?/m1/s1. The van der Waals surface area contributed by atoms with E-state index < -0.39 is 34.6 Å². The molecule has 4 rings (SSSR count). The Hall–Kier alpha value is -2.97. The first kappa shape index (κ1) is 32.0. The number of fused-ring (bicyclic) bond motifs is 1. The molecule has 3 aliphatic heterocycles. The lowest BCUT2D eigenvalue weighted by Gasteiger charge is -2.42. The summed E-state index contributed by atoms with van der Waals surface area (Å²) in [5.74, 6) is -2.07. The van der Waals surface area contributed by atoms with Gasteiger partial charge in [-0.15, -0.1) is 13.2 Å². The molecule has 0 saturated carbocycles. The van der Waals surface area contributed by atoms with Gasteiger partial charge in [0.05, 0.1) is 17.4 Å². The Morgan fingerprint density at radius 2 is 1.71 bits per heavy atom. The highest BCUT2D eigenvalue weighted by atomic mass is 16.5. The average molecular weight is 580 g/mol. The summed E-state index contributed by atoms with van der Waals surface area (Å²) in [6.07, 6.45) is 7.01. The Morgan fingerprint density at radius 1 is 1.07 bits per heavy atom. The number of carbonyl (C=O) groups excluding carboxylic acids is 3. The zero-order valence-corrected chi connectivity index (χ0v) is 26.1. The van der Waals surface area contributed by atoms with Crippen LogP contribution in [0.5, 0.6) is 0 Å². The molecule has 2 bridgehead atoms. The summed E-state index contributed by atoms with van der Waals surface area (Å²) >= 11 is 0. The van der Waals surface area contributed by atoms with Crippen LogP contribution in [0, 0.1) is 17.8 Å². The lowest BCUT2D eigenvalue weighted by molar-refractivity contribution is -0.155. The van der Waals surface area contributed by atoms with E-state index in [0.29, 0.717) is 38.9 Å². The zero-order chi connectivity index (χ0) is 30.9. The quantitative estimate of drug-likeness (QED) is 0.273. The highest BCUT2D eigenvalue weighted by Crippen LogP contribution is 2.65. The maximum atomic E-state index is 14.6. The summed E-state index contributed by atoms with van der Waals surface area (Å²) in [5.41, 5.74) is -1.78. The van der Waals surface area contributed by atoms with E-state index in [1.54, 1.807) is 26.9 Å². The highest BCUT2D eigenvalue weighted by molar-refractivity contribution is 6.03. The van der Waals surface area contributed by atoms with Crippen LogP contribution < -0.4 is 4.90 Å². The van der Waals surface area contributed by atoms with Crippen LogP contribution in [0.25, 0.3) is 0 Å². The van der Waals surface area contributed by atoms with E-state index in [2.05, 4.69) is 20.1 Å². The van der Waals surface area contributed by atoms with E-state index in [1.165, 1.54) is 0 Å². The summed E-state index contributed by atoms with van der Waals surface area (Å²) in [6, 6.07) is 8.61.